The molecule has 3 aliphatic rings. The van der Waals surface area contributed by atoms with Crippen molar-refractivity contribution in [3.8, 4) is 17.2 Å². The first-order chi connectivity index (χ1) is 15.1. The Kier molecular flexibility index (Phi) is 4.31. The summed E-state index contributed by atoms with van der Waals surface area (Å²) in [5.74, 6) is 2.71. The van der Waals surface area contributed by atoms with Gasteiger partial charge in [0.1, 0.15) is 11.9 Å². The van der Waals surface area contributed by atoms with Crippen LogP contribution in [0, 0.1) is 11.8 Å². The van der Waals surface area contributed by atoms with Crippen LogP contribution in [0.5, 0.6) is 17.2 Å². The summed E-state index contributed by atoms with van der Waals surface area (Å²) in [6.07, 6.45) is 2.39. The van der Waals surface area contributed by atoms with E-state index in [9.17, 15) is 9.90 Å². The summed E-state index contributed by atoms with van der Waals surface area (Å²) >= 11 is 0. The van der Waals surface area contributed by atoms with E-state index in [1.54, 1.807) is 0 Å². The minimum absolute atomic E-state index is 0.0558. The molecule has 2 fully saturated rings. The highest BCUT2D eigenvalue weighted by Gasteiger charge is 2.44. The SMILES string of the molecule is O=C(c1ccc2[nH]ccc2c1)N1C[C@H]2C[C@@H](Oc3ccc4c(c3)OCO4)[C@H](O)C[C@H]2C1. The largest absolute Gasteiger partial charge is 0.488 e. The maximum atomic E-state index is 13.1. The number of hydrogen-bond donors (Lipinski definition) is 2. The number of carbonyl (C=O) groups is 1. The Balaban J connectivity index is 1.14. The highest BCUT2D eigenvalue weighted by molar-refractivity contribution is 5.98. The highest BCUT2D eigenvalue weighted by atomic mass is 16.7. The summed E-state index contributed by atoms with van der Waals surface area (Å²) in [7, 11) is 0. The molecule has 0 spiro atoms. The van der Waals surface area contributed by atoms with E-state index in [4.69, 9.17) is 14.2 Å². The zero-order chi connectivity index (χ0) is 20.9. The lowest BCUT2D eigenvalue weighted by atomic mass is 9.78. The van der Waals surface area contributed by atoms with E-state index in [1.165, 1.54) is 0 Å². The average Bonchev–Trinajstić information content (AvgIpc) is 3.51. The van der Waals surface area contributed by atoms with Gasteiger partial charge in [-0.25, -0.2) is 0 Å². The summed E-state index contributed by atoms with van der Waals surface area (Å²) in [6, 6.07) is 13.2. The fraction of sp³-hybridized carbons (Fsp3) is 0.375. The second kappa shape index (κ2) is 7.20. The zero-order valence-corrected chi connectivity index (χ0v) is 17.0. The maximum absolute atomic E-state index is 13.1. The maximum Gasteiger partial charge on any atom is 0.253 e. The first kappa shape index (κ1) is 18.6. The molecule has 1 saturated carbocycles. The summed E-state index contributed by atoms with van der Waals surface area (Å²) in [4.78, 5) is 18.2. The molecule has 1 amide bonds. The fourth-order valence-corrected chi connectivity index (χ4v) is 5.18. The molecule has 2 aliphatic heterocycles. The smallest absolute Gasteiger partial charge is 0.253 e. The Bertz CT molecular complexity index is 1140. The van der Waals surface area contributed by atoms with E-state index in [1.807, 2.05) is 53.6 Å². The summed E-state index contributed by atoms with van der Waals surface area (Å²) in [6.45, 7) is 1.60. The Labute approximate surface area is 179 Å². The Morgan fingerprint density at radius 2 is 1.87 bits per heavy atom. The third-order valence-corrected chi connectivity index (χ3v) is 6.80. The lowest BCUT2D eigenvalue weighted by Gasteiger charge is -2.35. The number of aliphatic hydroxyl groups is 1. The van der Waals surface area contributed by atoms with Crippen LogP contribution in [-0.2, 0) is 0 Å². The number of aromatic amines is 1. The lowest BCUT2D eigenvalue weighted by Crippen LogP contribution is -2.42. The number of benzene rings is 2. The van der Waals surface area contributed by atoms with Gasteiger partial charge >= 0.3 is 0 Å². The summed E-state index contributed by atoms with van der Waals surface area (Å²) in [5.41, 5.74) is 1.73. The molecule has 2 aromatic carbocycles. The molecule has 0 bridgehead atoms. The van der Waals surface area contributed by atoms with Crippen LogP contribution in [-0.4, -0.2) is 53.0 Å². The van der Waals surface area contributed by atoms with Crippen LogP contribution in [0.25, 0.3) is 10.9 Å². The Hall–Kier alpha value is -3.19. The average molecular weight is 420 g/mol. The summed E-state index contributed by atoms with van der Waals surface area (Å²) < 4.78 is 16.9. The molecule has 0 unspecified atom stereocenters. The van der Waals surface area contributed by atoms with E-state index in [0.29, 0.717) is 54.2 Å². The van der Waals surface area contributed by atoms with Crippen molar-refractivity contribution in [3.63, 3.8) is 0 Å². The van der Waals surface area contributed by atoms with Crippen molar-refractivity contribution < 1.29 is 24.1 Å². The molecule has 0 radical (unpaired) electrons. The van der Waals surface area contributed by atoms with Gasteiger partial charge in [0, 0.05) is 41.8 Å². The monoisotopic (exact) mass is 420 g/mol. The van der Waals surface area contributed by atoms with Gasteiger partial charge in [0.25, 0.3) is 5.91 Å². The van der Waals surface area contributed by atoms with Gasteiger partial charge < -0.3 is 29.2 Å². The predicted molar refractivity (Wildman–Crippen MR) is 113 cm³/mol. The molecule has 4 atom stereocenters. The fourth-order valence-electron chi connectivity index (χ4n) is 5.18. The first-order valence-corrected chi connectivity index (χ1v) is 10.7. The topological polar surface area (TPSA) is 84.0 Å². The molecule has 1 saturated heterocycles. The number of fused-ring (bicyclic) bond motifs is 3. The number of aliphatic hydroxyl groups excluding tert-OH is 1. The van der Waals surface area contributed by atoms with E-state index in [0.717, 1.165) is 17.3 Å². The minimum atomic E-state index is -0.557. The standard InChI is InChI=1S/C24H24N2O5/c27-20-8-16-11-26(24(28)15-1-3-19-14(7-15)5-6-25-19)12-17(16)9-22(20)31-18-2-4-21-23(10-18)30-13-29-21/h1-7,10,16-17,20,22,25,27H,8-9,11-13H2/t16-,17+,20+,22+/m0/s1. The van der Waals surface area contributed by atoms with Gasteiger partial charge in [-0.15, -0.1) is 0 Å². The highest BCUT2D eigenvalue weighted by Crippen LogP contribution is 2.40. The van der Waals surface area contributed by atoms with Gasteiger partial charge in [0.15, 0.2) is 11.5 Å². The normalized spacial score (nSPS) is 26.8. The van der Waals surface area contributed by atoms with Gasteiger partial charge in [-0.1, -0.05) is 0 Å². The van der Waals surface area contributed by atoms with Crippen LogP contribution in [0.15, 0.2) is 48.7 Å². The third kappa shape index (κ3) is 3.29. The molecule has 3 heterocycles. The Morgan fingerprint density at radius 1 is 1.03 bits per heavy atom. The quantitative estimate of drug-likeness (QED) is 0.680. The van der Waals surface area contributed by atoms with Crippen LogP contribution < -0.4 is 14.2 Å². The first-order valence-electron chi connectivity index (χ1n) is 10.7. The van der Waals surface area contributed by atoms with Crippen LogP contribution >= 0.6 is 0 Å². The number of carbonyl (C=O) groups excluding carboxylic acids is 1. The molecule has 6 rings (SSSR count). The number of rotatable bonds is 3. The molecule has 1 aliphatic carbocycles. The lowest BCUT2D eigenvalue weighted by molar-refractivity contribution is -0.0232. The molecule has 1 aromatic heterocycles. The molecule has 7 heteroatoms. The van der Waals surface area contributed by atoms with Gasteiger partial charge in [0.05, 0.1) is 6.10 Å². The van der Waals surface area contributed by atoms with Crippen LogP contribution in [0.4, 0.5) is 0 Å². The van der Waals surface area contributed by atoms with Gasteiger partial charge in [0.2, 0.25) is 6.79 Å². The predicted octanol–water partition coefficient (Wildman–Crippen LogP) is 3.19. The van der Waals surface area contributed by atoms with Crippen molar-refractivity contribution in [1.82, 2.24) is 9.88 Å². The van der Waals surface area contributed by atoms with Crippen LogP contribution in [0.2, 0.25) is 0 Å². The number of hydrogen-bond acceptors (Lipinski definition) is 5. The number of nitrogens with one attached hydrogen (secondary N) is 1. The summed E-state index contributed by atoms with van der Waals surface area (Å²) in [5, 5.41) is 11.8. The molecule has 160 valence electrons. The van der Waals surface area contributed by atoms with Gasteiger partial charge in [-0.2, -0.15) is 0 Å². The number of amides is 1. The second-order valence-electron chi connectivity index (χ2n) is 8.72. The molecular weight excluding hydrogens is 396 g/mol. The molecular formula is C24H24N2O5. The van der Waals surface area contributed by atoms with E-state index in [2.05, 4.69) is 4.98 Å². The van der Waals surface area contributed by atoms with E-state index >= 15 is 0 Å². The van der Waals surface area contributed by atoms with Crippen molar-refractivity contribution in [2.75, 3.05) is 19.9 Å². The van der Waals surface area contributed by atoms with Crippen LogP contribution in [0.1, 0.15) is 23.2 Å². The number of ether oxygens (including phenoxy) is 3. The van der Waals surface area contributed by atoms with Crippen molar-refractivity contribution in [2.45, 2.75) is 25.0 Å². The number of H-pyrrole nitrogens is 1. The van der Waals surface area contributed by atoms with E-state index < -0.39 is 6.10 Å². The van der Waals surface area contributed by atoms with E-state index in [-0.39, 0.29) is 18.8 Å². The van der Waals surface area contributed by atoms with Gasteiger partial charge in [-0.3, -0.25) is 4.79 Å². The van der Waals surface area contributed by atoms with Crippen molar-refractivity contribution in [1.29, 1.82) is 0 Å². The number of nitrogens with zero attached hydrogens (tertiary/aromatic N) is 1. The molecule has 2 N–H and O–H groups in total. The number of aromatic nitrogens is 1. The third-order valence-electron chi connectivity index (χ3n) is 6.80. The molecule has 31 heavy (non-hydrogen) atoms. The van der Waals surface area contributed by atoms with Crippen molar-refractivity contribution >= 4 is 16.8 Å². The van der Waals surface area contributed by atoms with Gasteiger partial charge in [-0.05, 0) is 61.1 Å². The molecule has 7 nitrogen and oxygen atoms in total. The molecule has 3 aromatic rings. The zero-order valence-electron chi connectivity index (χ0n) is 17.0. The minimum Gasteiger partial charge on any atom is -0.488 e. The van der Waals surface area contributed by atoms with Crippen LogP contribution in [0.3, 0.4) is 0 Å². The second-order valence-corrected chi connectivity index (χ2v) is 8.72. The van der Waals surface area contributed by atoms with Crippen molar-refractivity contribution in [3.05, 3.63) is 54.2 Å². The van der Waals surface area contributed by atoms with Crippen molar-refractivity contribution in [2.24, 2.45) is 11.8 Å². The number of likely N-dealkylation sites (tertiary alicyclic amines) is 1. The Morgan fingerprint density at radius 3 is 2.77 bits per heavy atom.